The molecule has 0 aliphatic heterocycles. The standard InChI is InChI=1S/C19H19N3O2S/c1-25(2,24)22-16-8-4-7-15(13-16)21-19(23)12-14-6-3-10-18-17(14)9-5-11-20-18/h3-11,13H,12H2,1-2H3,(H,21,23). The largest absolute Gasteiger partial charge is 0.326 e. The Morgan fingerprint density at radius 2 is 1.92 bits per heavy atom. The van der Waals surface area contributed by atoms with Gasteiger partial charge in [0.05, 0.1) is 17.6 Å². The maximum atomic E-state index is 12.4. The lowest BCUT2D eigenvalue weighted by Gasteiger charge is -2.08. The Bertz CT molecular complexity index is 1040. The highest BCUT2D eigenvalue weighted by molar-refractivity contribution is 7.92. The lowest BCUT2D eigenvalue weighted by Crippen LogP contribution is -2.14. The number of rotatable bonds is 4. The second kappa shape index (κ2) is 7.03. The van der Waals surface area contributed by atoms with Gasteiger partial charge < -0.3 is 5.32 Å². The first-order chi connectivity index (χ1) is 11.9. The van der Waals surface area contributed by atoms with Crippen molar-refractivity contribution in [3.63, 3.8) is 0 Å². The Kier molecular flexibility index (Phi) is 4.81. The molecule has 0 saturated carbocycles. The third kappa shape index (κ3) is 4.64. The molecule has 0 atom stereocenters. The van der Waals surface area contributed by atoms with Gasteiger partial charge in [-0.3, -0.25) is 9.78 Å². The van der Waals surface area contributed by atoms with E-state index in [1.165, 1.54) is 0 Å². The summed E-state index contributed by atoms with van der Waals surface area (Å²) >= 11 is 0. The molecular weight excluding hydrogens is 334 g/mol. The summed E-state index contributed by atoms with van der Waals surface area (Å²) in [5.41, 5.74) is 3.01. The maximum Gasteiger partial charge on any atom is 0.228 e. The quantitative estimate of drug-likeness (QED) is 0.776. The Labute approximate surface area is 147 Å². The van der Waals surface area contributed by atoms with Gasteiger partial charge in [0, 0.05) is 39.5 Å². The van der Waals surface area contributed by atoms with Crippen LogP contribution in [0.3, 0.4) is 0 Å². The van der Waals surface area contributed by atoms with Gasteiger partial charge in [0.2, 0.25) is 5.91 Å². The van der Waals surface area contributed by atoms with Crippen LogP contribution in [0.25, 0.3) is 10.9 Å². The number of fused-ring (bicyclic) bond motifs is 1. The Morgan fingerprint density at radius 3 is 2.72 bits per heavy atom. The zero-order chi connectivity index (χ0) is 17.9. The van der Waals surface area contributed by atoms with E-state index >= 15 is 0 Å². The van der Waals surface area contributed by atoms with Gasteiger partial charge in [0.15, 0.2) is 0 Å². The molecule has 25 heavy (non-hydrogen) atoms. The van der Waals surface area contributed by atoms with E-state index in [2.05, 4.69) is 14.7 Å². The van der Waals surface area contributed by atoms with Gasteiger partial charge in [-0.2, -0.15) is 4.36 Å². The minimum Gasteiger partial charge on any atom is -0.326 e. The zero-order valence-electron chi connectivity index (χ0n) is 14.1. The van der Waals surface area contributed by atoms with Crippen LogP contribution in [-0.2, 0) is 20.9 Å². The fourth-order valence-corrected chi connectivity index (χ4v) is 3.21. The molecule has 2 aromatic carbocycles. The molecule has 128 valence electrons. The van der Waals surface area contributed by atoms with Crippen molar-refractivity contribution in [3.8, 4) is 0 Å². The molecule has 5 nitrogen and oxygen atoms in total. The van der Waals surface area contributed by atoms with Crippen LogP contribution in [0.5, 0.6) is 0 Å². The fourth-order valence-electron chi connectivity index (χ4n) is 2.59. The third-order valence-electron chi connectivity index (χ3n) is 3.54. The van der Waals surface area contributed by atoms with E-state index in [9.17, 15) is 9.00 Å². The number of carbonyl (C=O) groups excluding carboxylic acids is 1. The minimum atomic E-state index is -2.24. The summed E-state index contributed by atoms with van der Waals surface area (Å²) in [5, 5.41) is 3.84. The summed E-state index contributed by atoms with van der Waals surface area (Å²) in [4.78, 5) is 16.7. The lowest BCUT2D eigenvalue weighted by atomic mass is 10.1. The molecule has 1 N–H and O–H groups in total. The van der Waals surface area contributed by atoms with Gasteiger partial charge in [-0.1, -0.05) is 24.3 Å². The first kappa shape index (κ1) is 17.1. The van der Waals surface area contributed by atoms with Crippen molar-refractivity contribution < 1.29 is 9.00 Å². The lowest BCUT2D eigenvalue weighted by molar-refractivity contribution is -0.115. The van der Waals surface area contributed by atoms with Crippen LogP contribution in [0.4, 0.5) is 11.4 Å². The number of hydrogen-bond acceptors (Lipinski definition) is 4. The zero-order valence-corrected chi connectivity index (χ0v) is 14.9. The van der Waals surface area contributed by atoms with Crippen molar-refractivity contribution in [2.24, 2.45) is 4.36 Å². The Balaban J connectivity index is 1.79. The van der Waals surface area contributed by atoms with Gasteiger partial charge >= 0.3 is 0 Å². The van der Waals surface area contributed by atoms with Crippen LogP contribution in [0.15, 0.2) is 65.2 Å². The Hall–Kier alpha value is -2.73. The highest BCUT2D eigenvalue weighted by Gasteiger charge is 2.08. The van der Waals surface area contributed by atoms with Crippen molar-refractivity contribution in [1.29, 1.82) is 0 Å². The van der Waals surface area contributed by atoms with Crippen LogP contribution in [-0.4, -0.2) is 27.6 Å². The van der Waals surface area contributed by atoms with Crippen molar-refractivity contribution in [2.75, 3.05) is 17.8 Å². The number of hydrogen-bond donors (Lipinski definition) is 1. The number of anilines is 1. The molecule has 0 saturated heterocycles. The number of amides is 1. The van der Waals surface area contributed by atoms with E-state index in [1.54, 1.807) is 43.0 Å². The van der Waals surface area contributed by atoms with Crippen molar-refractivity contribution in [1.82, 2.24) is 4.98 Å². The van der Waals surface area contributed by atoms with E-state index < -0.39 is 9.73 Å². The predicted molar refractivity (Wildman–Crippen MR) is 103 cm³/mol. The van der Waals surface area contributed by atoms with Crippen molar-refractivity contribution in [3.05, 3.63) is 66.4 Å². The molecular formula is C19H19N3O2S. The number of nitrogens with zero attached hydrogens (tertiary/aromatic N) is 2. The summed E-state index contributed by atoms with van der Waals surface area (Å²) in [6.07, 6.45) is 5.14. The molecule has 1 heterocycles. The van der Waals surface area contributed by atoms with Gasteiger partial charge in [0.25, 0.3) is 0 Å². The molecule has 1 amide bonds. The average molecular weight is 353 g/mol. The van der Waals surface area contributed by atoms with E-state index in [1.807, 2.05) is 30.3 Å². The first-order valence-electron chi connectivity index (χ1n) is 7.80. The molecule has 0 spiro atoms. The third-order valence-corrected chi connectivity index (χ3v) is 4.19. The highest BCUT2D eigenvalue weighted by Crippen LogP contribution is 2.21. The van der Waals surface area contributed by atoms with Crippen LogP contribution in [0, 0.1) is 0 Å². The molecule has 0 fully saturated rings. The van der Waals surface area contributed by atoms with Crippen LogP contribution < -0.4 is 5.32 Å². The highest BCUT2D eigenvalue weighted by atomic mass is 32.2. The normalized spacial score (nSPS) is 11.3. The minimum absolute atomic E-state index is 0.123. The topological polar surface area (TPSA) is 71.4 Å². The van der Waals surface area contributed by atoms with Crippen molar-refractivity contribution in [2.45, 2.75) is 6.42 Å². The molecule has 6 heteroatoms. The number of aromatic nitrogens is 1. The summed E-state index contributed by atoms with van der Waals surface area (Å²) < 4.78 is 15.9. The van der Waals surface area contributed by atoms with Crippen LogP contribution in [0.2, 0.25) is 0 Å². The SMILES string of the molecule is CS(C)(=O)=Nc1cccc(NC(=O)Cc2cccc3ncccc23)c1. The second-order valence-electron chi connectivity index (χ2n) is 6.04. The Morgan fingerprint density at radius 1 is 1.12 bits per heavy atom. The van der Waals surface area contributed by atoms with Gasteiger partial charge in [-0.25, -0.2) is 4.21 Å². The van der Waals surface area contributed by atoms with Crippen LogP contribution >= 0.6 is 0 Å². The molecule has 3 rings (SSSR count). The molecule has 3 aromatic rings. The van der Waals surface area contributed by atoms with E-state index in [-0.39, 0.29) is 12.3 Å². The number of benzene rings is 2. The number of pyridine rings is 1. The number of carbonyl (C=O) groups is 1. The van der Waals surface area contributed by atoms with E-state index in [0.29, 0.717) is 11.4 Å². The predicted octanol–water partition coefficient (Wildman–Crippen LogP) is 3.78. The average Bonchev–Trinajstić information content (AvgIpc) is 2.54. The molecule has 0 bridgehead atoms. The molecule has 0 aliphatic rings. The first-order valence-corrected chi connectivity index (χ1v) is 10.1. The summed E-state index contributed by atoms with van der Waals surface area (Å²) in [7, 11) is -2.24. The van der Waals surface area contributed by atoms with E-state index in [4.69, 9.17) is 0 Å². The fraction of sp³-hybridized carbons (Fsp3) is 0.158. The molecule has 0 unspecified atom stereocenters. The van der Waals surface area contributed by atoms with Gasteiger partial charge in [-0.05, 0) is 35.9 Å². The summed E-state index contributed by atoms with van der Waals surface area (Å²) in [5.74, 6) is -0.123. The van der Waals surface area contributed by atoms with E-state index in [0.717, 1.165) is 16.5 Å². The number of nitrogens with one attached hydrogen (secondary N) is 1. The van der Waals surface area contributed by atoms with Crippen LogP contribution in [0.1, 0.15) is 5.56 Å². The van der Waals surface area contributed by atoms with Gasteiger partial charge in [-0.15, -0.1) is 0 Å². The second-order valence-corrected chi connectivity index (χ2v) is 8.58. The molecule has 0 radical (unpaired) electrons. The summed E-state index contributed by atoms with van der Waals surface area (Å²) in [6, 6.07) is 16.6. The maximum absolute atomic E-state index is 12.4. The van der Waals surface area contributed by atoms with Crippen molar-refractivity contribution >= 4 is 37.9 Å². The van der Waals surface area contributed by atoms with Gasteiger partial charge in [0.1, 0.15) is 0 Å². The molecule has 0 aliphatic carbocycles. The smallest absolute Gasteiger partial charge is 0.228 e. The monoisotopic (exact) mass is 353 g/mol. The molecule has 1 aromatic heterocycles. The summed E-state index contributed by atoms with van der Waals surface area (Å²) in [6.45, 7) is 0.